The molecule has 0 bridgehead atoms. The number of nitrogens with zero attached hydrogens (tertiary/aromatic N) is 1. The van der Waals surface area contributed by atoms with Crippen molar-refractivity contribution in [2.45, 2.75) is 24.9 Å². The lowest BCUT2D eigenvalue weighted by atomic mass is 9.64. The summed E-state index contributed by atoms with van der Waals surface area (Å²) in [6, 6.07) is 28.4. The number of fused-ring (bicyclic) bond motifs is 5. The maximum absolute atomic E-state index is 14.7. The van der Waals surface area contributed by atoms with Gasteiger partial charge < -0.3 is 9.64 Å². The van der Waals surface area contributed by atoms with Gasteiger partial charge in [0.25, 0.3) is 0 Å². The van der Waals surface area contributed by atoms with Gasteiger partial charge in [0.05, 0.1) is 13.2 Å². The quantitative estimate of drug-likeness (QED) is 0.231. The minimum atomic E-state index is -1.50. The van der Waals surface area contributed by atoms with E-state index in [0.717, 1.165) is 22.4 Å². The van der Waals surface area contributed by atoms with E-state index in [4.69, 9.17) is 4.74 Å². The van der Waals surface area contributed by atoms with Crippen LogP contribution in [-0.4, -0.2) is 36.5 Å². The van der Waals surface area contributed by atoms with Gasteiger partial charge in [-0.25, -0.2) is 0 Å². The fourth-order valence-electron chi connectivity index (χ4n) is 7.08. The third-order valence-electron chi connectivity index (χ3n) is 8.74. The van der Waals surface area contributed by atoms with Crippen molar-refractivity contribution >= 4 is 29.1 Å². The molecule has 1 unspecified atom stereocenters. The molecule has 0 amide bonds. The van der Waals surface area contributed by atoms with Gasteiger partial charge in [0.15, 0.2) is 17.3 Å². The minimum absolute atomic E-state index is 0.159. The number of benzene rings is 4. The Bertz CT molecular complexity index is 1700. The highest BCUT2D eigenvalue weighted by Gasteiger charge is 2.71. The normalized spacial score (nSPS) is 21.8. The largest absolute Gasteiger partial charge is 0.497 e. The number of anilines is 1. The molecule has 4 aromatic carbocycles. The van der Waals surface area contributed by atoms with Gasteiger partial charge in [-0.15, -0.1) is 0 Å². The van der Waals surface area contributed by atoms with Crippen LogP contribution in [0.5, 0.6) is 5.75 Å². The number of hydrogen-bond donors (Lipinski definition) is 0. The first kappa shape index (κ1) is 24.3. The molecule has 4 aromatic rings. The first-order valence-corrected chi connectivity index (χ1v) is 13.5. The van der Waals surface area contributed by atoms with Gasteiger partial charge in [0.2, 0.25) is 0 Å². The first-order valence-electron chi connectivity index (χ1n) is 13.5. The van der Waals surface area contributed by atoms with Crippen LogP contribution in [-0.2, 0) is 0 Å². The van der Waals surface area contributed by atoms with E-state index in [1.54, 1.807) is 55.6 Å². The van der Waals surface area contributed by atoms with Crippen LogP contribution < -0.4 is 9.64 Å². The van der Waals surface area contributed by atoms with Crippen LogP contribution in [0.2, 0.25) is 0 Å². The van der Waals surface area contributed by atoms with E-state index in [9.17, 15) is 14.4 Å². The molecule has 1 aliphatic carbocycles. The summed E-state index contributed by atoms with van der Waals surface area (Å²) in [5.74, 6) is -0.757. The Kier molecular flexibility index (Phi) is 5.39. The van der Waals surface area contributed by atoms with Crippen molar-refractivity contribution in [2.75, 3.05) is 12.0 Å². The summed E-state index contributed by atoms with van der Waals surface area (Å²) in [6.07, 6.45) is 3.95. The monoisotopic (exact) mass is 525 g/mol. The molecule has 196 valence electrons. The van der Waals surface area contributed by atoms with Crippen molar-refractivity contribution in [3.63, 3.8) is 0 Å². The highest BCUT2D eigenvalue weighted by molar-refractivity contribution is 6.32. The van der Waals surface area contributed by atoms with Crippen LogP contribution in [0.3, 0.4) is 0 Å². The van der Waals surface area contributed by atoms with E-state index in [-0.39, 0.29) is 17.3 Å². The lowest BCUT2D eigenvalue weighted by Crippen LogP contribution is -2.48. The van der Waals surface area contributed by atoms with Crippen LogP contribution in [0.15, 0.2) is 103 Å². The maximum atomic E-state index is 14.7. The zero-order chi connectivity index (χ0) is 27.6. The fraction of sp³-hybridized carbons (Fsp3) is 0.171. The van der Waals surface area contributed by atoms with Gasteiger partial charge in [-0.3, -0.25) is 14.4 Å². The number of rotatable bonds is 4. The van der Waals surface area contributed by atoms with E-state index in [0.29, 0.717) is 22.4 Å². The van der Waals surface area contributed by atoms with Gasteiger partial charge in [0, 0.05) is 28.3 Å². The number of Topliss-reactive ketones (excluding diaryl/α,β-unsaturated/α-hetero) is 3. The van der Waals surface area contributed by atoms with Crippen LogP contribution >= 0.6 is 0 Å². The van der Waals surface area contributed by atoms with Gasteiger partial charge in [-0.1, -0.05) is 90.5 Å². The van der Waals surface area contributed by atoms with Crippen LogP contribution in [0.4, 0.5) is 5.69 Å². The summed E-state index contributed by atoms with van der Waals surface area (Å²) < 4.78 is 5.44. The van der Waals surface area contributed by atoms with Gasteiger partial charge in [0.1, 0.15) is 17.2 Å². The lowest BCUT2D eigenvalue weighted by molar-refractivity contribution is 0.0666. The fourth-order valence-corrected chi connectivity index (χ4v) is 7.08. The molecule has 1 saturated heterocycles. The van der Waals surface area contributed by atoms with E-state index in [1.807, 2.05) is 66.4 Å². The zero-order valence-electron chi connectivity index (χ0n) is 22.2. The van der Waals surface area contributed by atoms with E-state index >= 15 is 0 Å². The molecular weight excluding hydrogens is 498 g/mol. The molecule has 0 saturated carbocycles. The van der Waals surface area contributed by atoms with Crippen molar-refractivity contribution < 1.29 is 19.1 Å². The Balaban J connectivity index is 1.54. The molecular formula is C35H27NO4. The molecule has 5 heteroatoms. The van der Waals surface area contributed by atoms with Crippen LogP contribution in [0.1, 0.15) is 53.7 Å². The number of carbonyl (C=O) groups is 3. The van der Waals surface area contributed by atoms with E-state index in [2.05, 4.69) is 6.07 Å². The minimum Gasteiger partial charge on any atom is -0.497 e. The molecule has 1 spiro atoms. The Morgan fingerprint density at radius 1 is 0.825 bits per heavy atom. The summed E-state index contributed by atoms with van der Waals surface area (Å²) in [7, 11) is 1.57. The smallest absolute Gasteiger partial charge is 0.186 e. The van der Waals surface area contributed by atoms with Crippen LogP contribution in [0.25, 0.3) is 6.08 Å². The Labute approximate surface area is 232 Å². The molecule has 0 radical (unpaired) electrons. The van der Waals surface area contributed by atoms with Gasteiger partial charge in [-0.05, 0) is 42.3 Å². The summed E-state index contributed by atoms with van der Waals surface area (Å²) in [5.41, 5.74) is 3.49. The number of aryl methyl sites for hydroxylation is 1. The molecule has 2 aliphatic heterocycles. The lowest BCUT2D eigenvalue weighted by Gasteiger charge is -2.37. The predicted molar refractivity (Wildman–Crippen MR) is 154 cm³/mol. The predicted octanol–water partition coefficient (Wildman–Crippen LogP) is 6.32. The van der Waals surface area contributed by atoms with Crippen LogP contribution in [0, 0.1) is 12.3 Å². The third-order valence-corrected chi connectivity index (χ3v) is 8.74. The molecule has 3 atom stereocenters. The average Bonchev–Trinajstić information content (AvgIpc) is 3.43. The molecule has 40 heavy (non-hydrogen) atoms. The van der Waals surface area contributed by atoms with Gasteiger partial charge in [-0.2, -0.15) is 0 Å². The van der Waals surface area contributed by atoms with Crippen molar-refractivity contribution in [1.82, 2.24) is 0 Å². The zero-order valence-corrected chi connectivity index (χ0v) is 22.2. The molecule has 0 aromatic heterocycles. The highest BCUT2D eigenvalue weighted by atomic mass is 16.5. The molecule has 0 N–H and O–H groups in total. The molecule has 7 rings (SSSR count). The average molecular weight is 526 g/mol. The number of ketones is 3. The Morgan fingerprint density at radius 2 is 1.52 bits per heavy atom. The number of carbonyl (C=O) groups excluding carboxylic acids is 3. The molecule has 5 nitrogen and oxygen atoms in total. The number of ether oxygens (including phenoxy) is 1. The Hall–Kier alpha value is -4.77. The highest BCUT2D eigenvalue weighted by Crippen LogP contribution is 2.61. The second-order valence-electron chi connectivity index (χ2n) is 10.8. The summed E-state index contributed by atoms with van der Waals surface area (Å²) in [5, 5.41) is 0. The molecule has 3 aliphatic rings. The number of hydrogen-bond acceptors (Lipinski definition) is 5. The van der Waals surface area contributed by atoms with Gasteiger partial charge >= 0.3 is 0 Å². The van der Waals surface area contributed by atoms with E-state index in [1.165, 1.54) is 0 Å². The topological polar surface area (TPSA) is 63.7 Å². The van der Waals surface area contributed by atoms with Crippen molar-refractivity contribution in [3.8, 4) is 5.75 Å². The SMILES string of the molecule is COc1cccc(C(=O)[C@@H]2[C@@H](c3ccccc3)C3(C(=O)c4ccccc4C3=O)C3C=Cc4cc(C)ccc4N32)c1. The number of methoxy groups -OCH3 is 1. The van der Waals surface area contributed by atoms with Crippen molar-refractivity contribution in [2.24, 2.45) is 5.41 Å². The summed E-state index contributed by atoms with van der Waals surface area (Å²) in [4.78, 5) is 46.0. The molecule has 2 heterocycles. The Morgan fingerprint density at radius 3 is 2.23 bits per heavy atom. The van der Waals surface area contributed by atoms with E-state index < -0.39 is 23.4 Å². The maximum Gasteiger partial charge on any atom is 0.186 e. The second-order valence-corrected chi connectivity index (χ2v) is 10.8. The summed E-state index contributed by atoms with van der Waals surface area (Å²) >= 11 is 0. The third kappa shape index (κ3) is 3.18. The molecule has 1 fully saturated rings. The standard InChI is InChI=1S/C35H27NO4/c1-21-15-17-28-23(19-21)16-18-29-35(33(38)26-13-6-7-14-27(26)34(35)39)30(22-9-4-3-5-10-22)31(36(28)29)32(37)24-11-8-12-25(20-24)40-2/h3-20,29-31H,1-2H3/t29?,30-,31+/m1/s1. The second kappa shape index (κ2) is 8.88. The summed E-state index contributed by atoms with van der Waals surface area (Å²) in [6.45, 7) is 2.03. The van der Waals surface area contributed by atoms with Crippen molar-refractivity contribution in [1.29, 1.82) is 0 Å². The van der Waals surface area contributed by atoms with Crippen molar-refractivity contribution in [3.05, 3.63) is 137 Å². The first-order chi connectivity index (χ1) is 19.5.